The third-order valence-corrected chi connectivity index (χ3v) is 7.24. The van der Waals surface area contributed by atoms with Crippen molar-refractivity contribution in [3.63, 3.8) is 0 Å². The van der Waals surface area contributed by atoms with Gasteiger partial charge in [0.15, 0.2) is 0 Å². The molecular formula is C29H21O5P. The Bertz CT molecular complexity index is 1730. The Kier molecular flexibility index (Phi) is 5.01. The normalized spacial score (nSPS) is 11.4. The van der Waals surface area contributed by atoms with Gasteiger partial charge in [-0.3, -0.25) is 0 Å². The van der Waals surface area contributed by atoms with Gasteiger partial charge in [-0.2, -0.15) is 0 Å². The van der Waals surface area contributed by atoms with Gasteiger partial charge in [0.25, 0.3) is 0 Å². The first-order chi connectivity index (χ1) is 17.0. The van der Waals surface area contributed by atoms with Crippen molar-refractivity contribution < 1.29 is 22.8 Å². The largest absolute Gasteiger partial charge is 0.478 e. The van der Waals surface area contributed by atoms with Crippen LogP contribution in [-0.4, -0.2) is 11.1 Å². The molecule has 0 aliphatic heterocycles. The zero-order chi connectivity index (χ0) is 24.1. The zero-order valence-corrected chi connectivity index (χ0v) is 20.0. The number of aromatic carboxylic acids is 1. The van der Waals surface area contributed by atoms with Crippen LogP contribution in [0.2, 0.25) is 0 Å². The van der Waals surface area contributed by atoms with Crippen LogP contribution in [0.4, 0.5) is 0 Å². The Morgan fingerprint density at radius 3 is 1.83 bits per heavy atom. The number of aryl methyl sites for hydroxylation is 2. The molecule has 35 heavy (non-hydrogen) atoms. The fourth-order valence-electron chi connectivity index (χ4n) is 4.65. The summed E-state index contributed by atoms with van der Waals surface area (Å²) in [7, 11) is -1.92. The Hall–Kier alpha value is -4.21. The lowest BCUT2D eigenvalue weighted by Gasteiger charge is -2.08. The monoisotopic (exact) mass is 480 g/mol. The molecule has 5 aromatic carbocycles. The van der Waals surface area contributed by atoms with Crippen LogP contribution in [0.3, 0.4) is 0 Å². The molecule has 0 radical (unpaired) electrons. The van der Waals surface area contributed by atoms with Crippen molar-refractivity contribution in [2.45, 2.75) is 13.8 Å². The van der Waals surface area contributed by atoms with Crippen LogP contribution in [0, 0.1) is 13.8 Å². The molecule has 172 valence electrons. The molecule has 6 rings (SSSR count). The Morgan fingerprint density at radius 2 is 1.29 bits per heavy atom. The van der Waals surface area contributed by atoms with Gasteiger partial charge in [-0.15, -0.1) is 0 Å². The van der Waals surface area contributed by atoms with E-state index < -0.39 is 14.2 Å². The van der Waals surface area contributed by atoms with Crippen LogP contribution >= 0.6 is 8.24 Å². The second-order valence-corrected chi connectivity index (χ2v) is 9.56. The van der Waals surface area contributed by atoms with E-state index in [1.54, 1.807) is 12.1 Å². The Balaban J connectivity index is 1.78. The number of benzene rings is 5. The first-order valence-corrected chi connectivity index (χ1v) is 12.3. The van der Waals surface area contributed by atoms with E-state index in [1.165, 1.54) is 12.1 Å². The van der Waals surface area contributed by atoms with Crippen molar-refractivity contribution in [3.8, 4) is 5.75 Å². The minimum Gasteiger partial charge on any atom is -0.478 e. The van der Waals surface area contributed by atoms with E-state index in [0.717, 1.165) is 43.4 Å². The minimum absolute atomic E-state index is 0.137. The highest BCUT2D eigenvalue weighted by molar-refractivity contribution is 7.32. The van der Waals surface area contributed by atoms with Gasteiger partial charge in [0.2, 0.25) is 0 Å². The number of carboxylic acid groups (broad SMARTS) is 1. The predicted molar refractivity (Wildman–Crippen MR) is 140 cm³/mol. The van der Waals surface area contributed by atoms with Gasteiger partial charge >= 0.3 is 14.2 Å². The first-order valence-electron chi connectivity index (χ1n) is 11.2. The molecule has 6 heteroatoms. The van der Waals surface area contributed by atoms with Crippen molar-refractivity contribution in [1.29, 1.82) is 0 Å². The molecule has 1 N–H and O–H groups in total. The molecule has 0 aliphatic rings. The fourth-order valence-corrected chi connectivity index (χ4v) is 5.81. The van der Waals surface area contributed by atoms with Crippen LogP contribution in [0.15, 0.2) is 93.3 Å². The number of hydrogen-bond acceptors (Lipinski definition) is 4. The molecule has 0 spiro atoms. The van der Waals surface area contributed by atoms with Crippen molar-refractivity contribution in [2.24, 2.45) is 0 Å². The number of hydrogen-bond donors (Lipinski definition) is 1. The molecule has 0 aliphatic carbocycles. The van der Waals surface area contributed by atoms with E-state index >= 15 is 0 Å². The topological polar surface area (TPSA) is 72.8 Å². The third-order valence-electron chi connectivity index (χ3n) is 6.22. The minimum atomic E-state index is -1.92. The second-order valence-electron chi connectivity index (χ2n) is 8.57. The molecule has 0 saturated heterocycles. The maximum absolute atomic E-state index is 11.5. The fraction of sp³-hybridized carbons (Fsp3) is 0.0690. The lowest BCUT2D eigenvalue weighted by atomic mass is 9.95. The lowest BCUT2D eigenvalue weighted by Crippen LogP contribution is -1.95. The van der Waals surface area contributed by atoms with Crippen molar-refractivity contribution in [2.75, 3.05) is 0 Å². The number of fused-ring (bicyclic) bond motifs is 7. The van der Waals surface area contributed by atoms with Gasteiger partial charge in [0.1, 0.15) is 16.9 Å². The van der Waals surface area contributed by atoms with E-state index in [-0.39, 0.29) is 5.56 Å². The molecule has 6 aromatic rings. The number of carbonyl (C=O) groups is 1. The van der Waals surface area contributed by atoms with Crippen LogP contribution in [0.5, 0.6) is 5.75 Å². The van der Waals surface area contributed by atoms with Gasteiger partial charge in [0, 0.05) is 10.8 Å². The first kappa shape index (κ1) is 21.3. The Labute approximate surface area is 201 Å². The summed E-state index contributed by atoms with van der Waals surface area (Å²) in [5, 5.41) is 15.7. The molecule has 0 saturated carbocycles. The highest BCUT2D eigenvalue weighted by atomic mass is 31.1. The van der Waals surface area contributed by atoms with Crippen molar-refractivity contribution >= 4 is 57.7 Å². The molecule has 0 unspecified atom stereocenters. The maximum Gasteiger partial charge on any atom is 0.453 e. The summed E-state index contributed by atoms with van der Waals surface area (Å²) >= 11 is 0. The second kappa shape index (κ2) is 8.23. The summed E-state index contributed by atoms with van der Waals surface area (Å²) in [6, 6.07) is 27.1. The standard InChI is InChI=1S/C29H21O5P/c1-17-14-19-8-3-5-12-23(19)25-26-24-13-6-4-9-20(24)15-18(2)28(26)34-35(33-27(17)25)32-22-11-7-10-21(16-22)29(30)31/h3-16H,1-2H3,(H,30,31). The molecule has 0 amide bonds. The number of rotatable bonds is 3. The van der Waals surface area contributed by atoms with E-state index in [9.17, 15) is 9.90 Å². The molecule has 0 atom stereocenters. The highest BCUT2D eigenvalue weighted by Crippen LogP contribution is 2.43. The van der Waals surface area contributed by atoms with Crippen LogP contribution in [0.25, 0.3) is 43.5 Å². The summed E-state index contributed by atoms with van der Waals surface area (Å²) in [6.45, 7) is 4.04. The molecule has 1 heterocycles. The van der Waals surface area contributed by atoms with Gasteiger partial charge in [0.05, 0.1) is 5.56 Å². The van der Waals surface area contributed by atoms with E-state index in [4.69, 9.17) is 12.9 Å². The summed E-state index contributed by atoms with van der Waals surface area (Å²) in [5.41, 5.74) is 3.49. The smallest absolute Gasteiger partial charge is 0.453 e. The molecule has 5 nitrogen and oxygen atoms in total. The maximum atomic E-state index is 11.5. The summed E-state index contributed by atoms with van der Waals surface area (Å²) < 4.78 is 19.0. The zero-order valence-electron chi connectivity index (χ0n) is 19.1. The van der Waals surface area contributed by atoms with Crippen molar-refractivity contribution in [3.05, 3.63) is 102 Å². The lowest BCUT2D eigenvalue weighted by molar-refractivity contribution is 0.0696. The average molecular weight is 480 g/mol. The van der Waals surface area contributed by atoms with Gasteiger partial charge in [-0.1, -0.05) is 54.6 Å². The molecule has 0 bridgehead atoms. The van der Waals surface area contributed by atoms with Crippen LogP contribution < -0.4 is 4.52 Å². The molecular weight excluding hydrogens is 459 g/mol. The van der Waals surface area contributed by atoms with Gasteiger partial charge in [-0.25, -0.2) is 4.79 Å². The summed E-state index contributed by atoms with van der Waals surface area (Å²) in [4.78, 5) is 11.5. The Morgan fingerprint density at radius 1 is 0.743 bits per heavy atom. The summed E-state index contributed by atoms with van der Waals surface area (Å²) in [6.07, 6.45) is 0. The summed E-state index contributed by atoms with van der Waals surface area (Å²) in [5.74, 6) is -0.649. The van der Waals surface area contributed by atoms with E-state index in [1.807, 2.05) is 38.1 Å². The van der Waals surface area contributed by atoms with Gasteiger partial charge < -0.3 is 18.0 Å². The molecule has 0 fully saturated rings. The quantitative estimate of drug-likeness (QED) is 0.274. The number of carboxylic acids is 1. The third kappa shape index (κ3) is 3.61. The average Bonchev–Trinajstić information content (AvgIpc) is 3.03. The SMILES string of the molecule is Cc1cc2ccccc2c2c1op(Oc1cccc(C(=O)O)c1)oc1c(C)cc3ccccc3c12. The van der Waals surface area contributed by atoms with Gasteiger partial charge in [-0.05, 0) is 76.9 Å². The molecule has 1 aromatic heterocycles. The van der Waals surface area contributed by atoms with E-state index in [2.05, 4.69) is 36.4 Å². The van der Waals surface area contributed by atoms with Crippen molar-refractivity contribution in [1.82, 2.24) is 0 Å². The predicted octanol–water partition coefficient (Wildman–Crippen LogP) is 8.75. The highest BCUT2D eigenvalue weighted by Gasteiger charge is 2.17. The van der Waals surface area contributed by atoms with E-state index in [0.29, 0.717) is 16.9 Å². The van der Waals surface area contributed by atoms with Crippen LogP contribution in [0.1, 0.15) is 21.5 Å². The van der Waals surface area contributed by atoms with Crippen LogP contribution in [-0.2, 0) is 0 Å².